The van der Waals surface area contributed by atoms with E-state index >= 15 is 0 Å². The van der Waals surface area contributed by atoms with Gasteiger partial charge in [0.1, 0.15) is 0 Å². The highest BCUT2D eigenvalue weighted by molar-refractivity contribution is 9.10. The number of nitrogen functional groups attached to an aromatic ring is 1. The van der Waals surface area contributed by atoms with Crippen LogP contribution in [-0.2, 0) is 15.6 Å². The summed E-state index contributed by atoms with van der Waals surface area (Å²) in [7, 11) is -3.09. The molecule has 0 aromatic heterocycles. The molecule has 0 saturated carbocycles. The van der Waals surface area contributed by atoms with Gasteiger partial charge in [-0.05, 0) is 31.0 Å². The van der Waals surface area contributed by atoms with Gasteiger partial charge >= 0.3 is 0 Å². The summed E-state index contributed by atoms with van der Waals surface area (Å²) in [5.41, 5.74) is 6.96. The van der Waals surface area contributed by atoms with Crippen LogP contribution in [0.4, 0.5) is 5.69 Å². The molecule has 0 heterocycles. The molecule has 1 aromatic carbocycles. The fraction of sp³-hybridized carbons (Fsp3) is 0.455. The molecule has 0 saturated heterocycles. The van der Waals surface area contributed by atoms with Crippen LogP contribution in [0.25, 0.3) is 0 Å². The summed E-state index contributed by atoms with van der Waals surface area (Å²) in [6, 6.07) is 5.28. The Bertz CT molecular complexity index is 471. The third-order valence-corrected chi connectivity index (χ3v) is 5.42. The van der Waals surface area contributed by atoms with E-state index in [4.69, 9.17) is 5.73 Å². The second kappa shape index (κ2) is 5.19. The molecule has 1 rings (SSSR count). The summed E-state index contributed by atoms with van der Waals surface area (Å²) >= 11 is 3.29. The third kappa shape index (κ3) is 3.22. The first-order valence-corrected chi connectivity index (χ1v) is 7.63. The zero-order chi connectivity index (χ0) is 12.3. The Morgan fingerprint density at radius 3 is 2.56 bits per heavy atom. The van der Waals surface area contributed by atoms with E-state index in [-0.39, 0.29) is 11.0 Å². The standard InChI is InChI=1S/C11H16BrNO2S/c1-3-8(2)16(14,15)7-9-4-5-10(12)6-11(9)13/h4-6,8H,3,7,13H2,1-2H3. The maximum atomic E-state index is 11.9. The monoisotopic (exact) mass is 305 g/mol. The van der Waals surface area contributed by atoms with Crippen LogP contribution in [0.3, 0.4) is 0 Å². The summed E-state index contributed by atoms with van der Waals surface area (Å²) in [5.74, 6) is 0.0150. The Labute approximate surface area is 105 Å². The number of hydrogen-bond acceptors (Lipinski definition) is 3. The van der Waals surface area contributed by atoms with E-state index in [9.17, 15) is 8.42 Å². The molecule has 1 aromatic rings. The molecule has 3 nitrogen and oxygen atoms in total. The number of halogens is 1. The fourth-order valence-corrected chi connectivity index (χ4v) is 3.18. The van der Waals surface area contributed by atoms with Gasteiger partial charge in [0, 0.05) is 10.2 Å². The van der Waals surface area contributed by atoms with Gasteiger partial charge in [-0.1, -0.05) is 28.9 Å². The van der Waals surface area contributed by atoms with Crippen molar-refractivity contribution in [1.82, 2.24) is 0 Å². The molecule has 0 aliphatic heterocycles. The number of anilines is 1. The highest BCUT2D eigenvalue weighted by Crippen LogP contribution is 2.22. The van der Waals surface area contributed by atoms with E-state index < -0.39 is 9.84 Å². The van der Waals surface area contributed by atoms with Gasteiger partial charge in [0.15, 0.2) is 9.84 Å². The molecule has 0 spiro atoms. The van der Waals surface area contributed by atoms with Crippen LogP contribution in [0.1, 0.15) is 25.8 Å². The molecule has 0 aliphatic rings. The molecule has 0 fully saturated rings. The average Bonchev–Trinajstić information content (AvgIpc) is 2.21. The Morgan fingerprint density at radius 1 is 1.44 bits per heavy atom. The maximum Gasteiger partial charge on any atom is 0.157 e. The van der Waals surface area contributed by atoms with E-state index in [0.717, 1.165) is 4.47 Å². The summed E-state index contributed by atoms with van der Waals surface area (Å²) in [6.45, 7) is 3.59. The Hall–Kier alpha value is -0.550. The van der Waals surface area contributed by atoms with Crippen molar-refractivity contribution >= 4 is 31.5 Å². The zero-order valence-corrected chi connectivity index (χ0v) is 11.8. The van der Waals surface area contributed by atoms with Crippen molar-refractivity contribution in [3.63, 3.8) is 0 Å². The van der Waals surface area contributed by atoms with E-state index in [1.807, 2.05) is 6.92 Å². The third-order valence-electron chi connectivity index (χ3n) is 2.65. The maximum absolute atomic E-state index is 11.9. The van der Waals surface area contributed by atoms with Crippen LogP contribution < -0.4 is 5.73 Å². The van der Waals surface area contributed by atoms with Gasteiger partial charge in [0.25, 0.3) is 0 Å². The highest BCUT2D eigenvalue weighted by Gasteiger charge is 2.20. The number of benzene rings is 1. The first-order valence-electron chi connectivity index (χ1n) is 5.12. The van der Waals surface area contributed by atoms with Gasteiger partial charge in [-0.25, -0.2) is 8.42 Å². The van der Waals surface area contributed by atoms with E-state index in [0.29, 0.717) is 17.7 Å². The lowest BCUT2D eigenvalue weighted by atomic mass is 10.2. The summed E-state index contributed by atoms with van der Waals surface area (Å²) in [6.07, 6.45) is 0.624. The van der Waals surface area contributed by atoms with E-state index in [2.05, 4.69) is 15.9 Å². The Kier molecular flexibility index (Phi) is 4.38. The largest absolute Gasteiger partial charge is 0.398 e. The molecule has 5 heteroatoms. The second-order valence-corrected chi connectivity index (χ2v) is 7.20. The van der Waals surface area contributed by atoms with E-state index in [1.54, 1.807) is 25.1 Å². The average molecular weight is 306 g/mol. The summed E-state index contributed by atoms with van der Waals surface area (Å²) in [5, 5.41) is -0.324. The lowest BCUT2D eigenvalue weighted by molar-refractivity contribution is 0.580. The molecule has 16 heavy (non-hydrogen) atoms. The molecular formula is C11H16BrNO2S. The fourth-order valence-electron chi connectivity index (χ4n) is 1.31. The van der Waals surface area contributed by atoms with Crippen molar-refractivity contribution in [3.8, 4) is 0 Å². The molecule has 90 valence electrons. The van der Waals surface area contributed by atoms with Gasteiger partial charge in [0.2, 0.25) is 0 Å². The lowest BCUT2D eigenvalue weighted by Crippen LogP contribution is -2.19. The topological polar surface area (TPSA) is 60.2 Å². The lowest BCUT2D eigenvalue weighted by Gasteiger charge is -2.12. The highest BCUT2D eigenvalue weighted by atomic mass is 79.9. The molecule has 2 N–H and O–H groups in total. The minimum absolute atomic E-state index is 0.0150. The molecule has 0 aliphatic carbocycles. The van der Waals surface area contributed by atoms with Crippen LogP contribution in [0.5, 0.6) is 0 Å². The van der Waals surface area contributed by atoms with Crippen LogP contribution >= 0.6 is 15.9 Å². The summed E-state index contributed by atoms with van der Waals surface area (Å²) < 4.78 is 24.7. The number of hydrogen-bond donors (Lipinski definition) is 1. The first-order chi connectivity index (χ1) is 7.36. The smallest absolute Gasteiger partial charge is 0.157 e. The van der Waals surface area contributed by atoms with Gasteiger partial charge in [-0.15, -0.1) is 0 Å². The normalized spacial score (nSPS) is 13.7. The SMILES string of the molecule is CCC(C)S(=O)(=O)Cc1ccc(Br)cc1N. The number of sulfone groups is 1. The van der Waals surface area contributed by atoms with Gasteiger partial charge in [-0.2, -0.15) is 0 Å². The first kappa shape index (κ1) is 13.5. The summed E-state index contributed by atoms with van der Waals surface area (Å²) in [4.78, 5) is 0. The quantitative estimate of drug-likeness (QED) is 0.870. The van der Waals surface area contributed by atoms with Crippen molar-refractivity contribution in [2.24, 2.45) is 0 Å². The second-order valence-electron chi connectivity index (χ2n) is 3.87. The zero-order valence-electron chi connectivity index (χ0n) is 9.40. The molecule has 1 unspecified atom stereocenters. The molecular weight excluding hydrogens is 290 g/mol. The van der Waals surface area contributed by atoms with Crippen LogP contribution in [0, 0.1) is 0 Å². The van der Waals surface area contributed by atoms with Crippen molar-refractivity contribution < 1.29 is 8.42 Å². The Balaban J connectivity index is 2.97. The van der Waals surface area contributed by atoms with Crippen LogP contribution in [0.2, 0.25) is 0 Å². The molecule has 1 atom stereocenters. The molecule has 0 amide bonds. The van der Waals surface area contributed by atoms with Crippen molar-refractivity contribution in [2.45, 2.75) is 31.3 Å². The number of rotatable bonds is 4. The van der Waals surface area contributed by atoms with Crippen LogP contribution in [-0.4, -0.2) is 13.7 Å². The van der Waals surface area contributed by atoms with Gasteiger partial charge in [-0.3, -0.25) is 0 Å². The van der Waals surface area contributed by atoms with Crippen molar-refractivity contribution in [1.29, 1.82) is 0 Å². The minimum atomic E-state index is -3.09. The van der Waals surface area contributed by atoms with E-state index in [1.165, 1.54) is 0 Å². The predicted molar refractivity (Wildman–Crippen MR) is 70.9 cm³/mol. The van der Waals surface area contributed by atoms with Gasteiger partial charge < -0.3 is 5.73 Å². The minimum Gasteiger partial charge on any atom is -0.398 e. The molecule has 0 bridgehead atoms. The molecule has 0 radical (unpaired) electrons. The van der Waals surface area contributed by atoms with Gasteiger partial charge in [0.05, 0.1) is 11.0 Å². The predicted octanol–water partition coefficient (Wildman–Crippen LogP) is 2.74. The van der Waals surface area contributed by atoms with Crippen LogP contribution in [0.15, 0.2) is 22.7 Å². The van der Waals surface area contributed by atoms with Crippen molar-refractivity contribution in [2.75, 3.05) is 5.73 Å². The van der Waals surface area contributed by atoms with Crippen molar-refractivity contribution in [3.05, 3.63) is 28.2 Å². The Morgan fingerprint density at radius 2 is 2.06 bits per heavy atom. The number of nitrogens with two attached hydrogens (primary N) is 1.